The average molecular weight is 1440 g/mol. The second-order valence-corrected chi connectivity index (χ2v) is 32.0. The van der Waals surface area contributed by atoms with Crippen molar-refractivity contribution < 1.29 is 118 Å². The molecule has 2 saturated heterocycles. The number of fused-ring (bicyclic) bond motifs is 4. The second kappa shape index (κ2) is 29.9. The molecule has 2 fully saturated rings. The molecule has 39 heteroatoms. The lowest BCUT2D eigenvalue weighted by molar-refractivity contribution is -0.0566. The molecule has 0 aliphatic carbocycles. The van der Waals surface area contributed by atoms with Gasteiger partial charge in [0.05, 0.1) is 53.3 Å². The number of anilines is 2. The van der Waals surface area contributed by atoms with Gasteiger partial charge in [0.1, 0.15) is 108 Å². The SMILES string of the molecule is COc1c(C)c2c(c(O)c1C/C=C(\C)CCOP(=O)(CP(=O)(O)OC[C@H]1O[C@@H](n3cnc4c(N)ncnc43)C(OC)[C@H]1OC)OP(=O)(CP(=O)(O)OC[C@H]1O[C@@H](n3cnc4c(N)ncnc43)C(OC)[C@H]1OC)OCC/C(C)=C/Cc1c(O)c3c(c(C)c1OC)COC3=O)C(=O)OC2. The summed E-state index contributed by atoms with van der Waals surface area (Å²) in [5.74, 6) is -4.51. The molecule has 0 spiro atoms. The number of phenolic OH excluding ortho intramolecular Hbond substituents is 2. The van der Waals surface area contributed by atoms with Crippen molar-refractivity contribution in [2.24, 2.45) is 0 Å². The lowest BCUT2D eigenvalue weighted by atomic mass is 9.95. The molecule has 8 heterocycles. The first-order chi connectivity index (χ1) is 46.1. The third-order valence-electron chi connectivity index (χ3n) is 17.0. The highest BCUT2D eigenvalue weighted by Gasteiger charge is 2.52. The summed E-state index contributed by atoms with van der Waals surface area (Å²) in [4.78, 5) is 74.1. The maximum absolute atomic E-state index is 15.6. The van der Waals surface area contributed by atoms with E-state index in [2.05, 4.69) is 29.9 Å². The molecule has 4 aromatic heterocycles. The quantitative estimate of drug-likeness (QED) is 0.0141. The summed E-state index contributed by atoms with van der Waals surface area (Å²) in [5.41, 5.74) is 16.7. The number of methoxy groups -OCH3 is 6. The number of benzene rings is 2. The number of hydrogen-bond acceptors (Lipinski definition) is 31. The Hall–Kier alpha value is -6.84. The van der Waals surface area contributed by atoms with Crippen molar-refractivity contribution in [1.29, 1.82) is 0 Å². The van der Waals surface area contributed by atoms with Gasteiger partial charge in [-0.3, -0.25) is 27.4 Å². The predicted molar refractivity (Wildman–Crippen MR) is 341 cm³/mol. The molecule has 0 bridgehead atoms. The number of nitrogens with zero attached hydrogens (tertiary/aromatic N) is 8. The molecule has 35 nitrogen and oxygen atoms in total. The number of hydrogen-bond donors (Lipinski definition) is 6. The van der Waals surface area contributed by atoms with Crippen LogP contribution >= 0.6 is 30.4 Å². The zero-order valence-corrected chi connectivity index (χ0v) is 58.0. The summed E-state index contributed by atoms with van der Waals surface area (Å²) in [6, 6.07) is 0. The minimum absolute atomic E-state index is 0.00308. The van der Waals surface area contributed by atoms with Crippen molar-refractivity contribution in [2.45, 2.75) is 116 Å². The summed E-state index contributed by atoms with van der Waals surface area (Å²) in [5, 5.41) is 22.6. The molecule has 6 unspecified atom stereocenters. The molecule has 97 heavy (non-hydrogen) atoms. The van der Waals surface area contributed by atoms with Crippen LogP contribution in [0.2, 0.25) is 0 Å². The highest BCUT2D eigenvalue weighted by atomic mass is 31.3. The zero-order valence-electron chi connectivity index (χ0n) is 54.5. The van der Waals surface area contributed by atoms with E-state index in [0.717, 1.165) is 0 Å². The monoisotopic (exact) mass is 1440 g/mol. The molecule has 4 aliphatic heterocycles. The van der Waals surface area contributed by atoms with Gasteiger partial charge < -0.3 is 96.9 Å². The molecule has 6 aromatic rings. The number of carbonyl (C=O) groups is 2. The van der Waals surface area contributed by atoms with E-state index in [0.29, 0.717) is 44.9 Å². The molecule has 8 N–H and O–H groups in total. The van der Waals surface area contributed by atoms with Crippen LogP contribution in [-0.2, 0) is 105 Å². The van der Waals surface area contributed by atoms with Gasteiger partial charge in [0, 0.05) is 50.7 Å². The van der Waals surface area contributed by atoms with E-state index < -0.39 is 130 Å². The molecule has 528 valence electrons. The van der Waals surface area contributed by atoms with Gasteiger partial charge in [-0.2, -0.15) is 0 Å². The van der Waals surface area contributed by atoms with Gasteiger partial charge >= 0.3 is 42.3 Å². The van der Waals surface area contributed by atoms with Gasteiger partial charge in [-0.15, -0.1) is 0 Å². The van der Waals surface area contributed by atoms with Crippen LogP contribution in [0.3, 0.4) is 0 Å². The highest BCUT2D eigenvalue weighted by molar-refractivity contribution is 7.79. The molecule has 0 amide bonds. The number of nitrogen functional groups attached to an aromatic ring is 2. The smallest absolute Gasteiger partial charge is 0.349 e. The van der Waals surface area contributed by atoms with Crippen molar-refractivity contribution in [2.75, 3.05) is 92.4 Å². The number of cyclic esters (lactones) is 2. The average Bonchev–Trinajstić information content (AvgIpc) is 1.66. The number of aromatic nitrogens is 8. The van der Waals surface area contributed by atoms with Crippen LogP contribution in [0.4, 0.5) is 11.6 Å². The number of aromatic hydroxyl groups is 2. The Balaban J connectivity index is 0.936. The first-order valence-corrected chi connectivity index (χ1v) is 37.0. The van der Waals surface area contributed by atoms with E-state index in [1.165, 1.54) is 77.1 Å². The lowest BCUT2D eigenvalue weighted by Crippen LogP contribution is -2.37. The largest absolute Gasteiger partial charge is 0.507 e. The van der Waals surface area contributed by atoms with Crippen LogP contribution in [0.1, 0.15) is 93.2 Å². The fourth-order valence-electron chi connectivity index (χ4n) is 12.1. The number of imidazole rings is 2. The first kappa shape index (κ1) is 72.9. The Bertz CT molecular complexity index is 3980. The normalized spacial score (nSPS) is 23.6. The predicted octanol–water partition coefficient (Wildman–Crippen LogP) is 6.98. The van der Waals surface area contributed by atoms with E-state index in [1.807, 2.05) is 0 Å². The molecular weight excluding hydrogens is 1360 g/mol. The van der Waals surface area contributed by atoms with Gasteiger partial charge in [0.2, 0.25) is 0 Å². The van der Waals surface area contributed by atoms with E-state index in [9.17, 15) is 38.7 Å². The molecular formula is C58H76N10O25P4. The van der Waals surface area contributed by atoms with Crippen molar-refractivity contribution in [3.05, 3.63) is 93.1 Å². The summed E-state index contributed by atoms with van der Waals surface area (Å²) >= 11 is 0. The minimum atomic E-state index is -5.46. The van der Waals surface area contributed by atoms with Gasteiger partial charge in [0.25, 0.3) is 0 Å². The van der Waals surface area contributed by atoms with Crippen LogP contribution in [0, 0.1) is 13.8 Å². The van der Waals surface area contributed by atoms with Gasteiger partial charge in [-0.1, -0.05) is 23.3 Å². The van der Waals surface area contributed by atoms with Crippen molar-refractivity contribution in [3.8, 4) is 23.0 Å². The second-order valence-electron chi connectivity index (χ2n) is 23.1. The van der Waals surface area contributed by atoms with Crippen molar-refractivity contribution in [1.82, 2.24) is 39.0 Å². The van der Waals surface area contributed by atoms with Crippen molar-refractivity contribution in [3.63, 3.8) is 0 Å². The number of esters is 2. The van der Waals surface area contributed by atoms with E-state index in [4.69, 9.17) is 81.2 Å². The number of allylic oxidation sites excluding steroid dienone is 2. The zero-order chi connectivity index (χ0) is 70.1. The molecule has 0 saturated carbocycles. The number of nitrogens with two attached hydrogens (primary N) is 2. The third kappa shape index (κ3) is 15.2. The molecule has 2 aromatic carbocycles. The lowest BCUT2D eigenvalue weighted by Gasteiger charge is -2.28. The Morgan fingerprint density at radius 3 is 1.33 bits per heavy atom. The Labute approximate surface area is 555 Å². The van der Waals surface area contributed by atoms with Crippen molar-refractivity contribution >= 4 is 76.3 Å². The Morgan fingerprint density at radius 1 is 0.588 bits per heavy atom. The molecule has 4 aliphatic rings. The molecule has 0 radical (unpaired) electrons. The fourth-order valence-corrected chi connectivity index (χ4v) is 21.6. The number of ether oxygens (including phenoxy) is 10. The summed E-state index contributed by atoms with van der Waals surface area (Å²) < 4.78 is 150. The molecule has 12 atom stereocenters. The van der Waals surface area contributed by atoms with Crippen LogP contribution in [0.15, 0.2) is 48.6 Å². The Morgan fingerprint density at radius 2 is 0.969 bits per heavy atom. The van der Waals surface area contributed by atoms with Gasteiger partial charge in [-0.05, 0) is 64.5 Å². The Kier molecular flexibility index (Phi) is 22.5. The molecule has 10 rings (SSSR count). The minimum Gasteiger partial charge on any atom is -0.507 e. The van der Waals surface area contributed by atoms with Crippen LogP contribution in [0.25, 0.3) is 22.3 Å². The van der Waals surface area contributed by atoms with E-state index >= 15 is 9.13 Å². The fraction of sp³-hybridized carbons (Fsp3) is 0.517. The standard InChI is InChI=1S/C58H76N10O25P4/c1-29(11-13-33-43(69)39-35(19-85-57(39)71)31(3)45(33)79-5)15-17-87-96(77,27-94(73,74)89-21-37-47(81-7)49(83-9)55(91-37)67-25-65-41-51(59)61-23-63-53(41)67)93-97(78,88-18-16-30(2)12-14-34-44(70)40-36(20-86-58(40)72)32(4)46(34)80-6)28-95(75,76)90-22-38-48(82-8)50(84-10)56(92-38)68-26-66-42-52(60)62-24-64-54(42)68/h11-12,23-26,37-38,47-50,55-56,69-70H,13-22,27-28H2,1-10H3,(H,73,74)(H,75,76)(H2,59,61,63)(H2,60,62,64)/b29-11+,30-12+/t37-,38-,47+,48+,49?,50?,55-,56-,96?,97?/m1/s1. The van der Waals surface area contributed by atoms with E-state index in [1.54, 1.807) is 39.8 Å². The van der Waals surface area contributed by atoms with Crippen LogP contribution in [-0.4, -0.2) is 188 Å². The maximum atomic E-state index is 15.6. The highest BCUT2D eigenvalue weighted by Crippen LogP contribution is 2.74. The summed E-state index contributed by atoms with van der Waals surface area (Å²) in [7, 11) is -13.4. The van der Waals surface area contributed by atoms with E-state index in [-0.39, 0.29) is 107 Å². The summed E-state index contributed by atoms with van der Waals surface area (Å²) in [6.45, 7) is 3.84. The number of phenols is 2. The first-order valence-electron chi connectivity index (χ1n) is 30.0. The van der Waals surface area contributed by atoms with Crippen LogP contribution < -0.4 is 20.9 Å². The summed E-state index contributed by atoms with van der Waals surface area (Å²) in [6.07, 6.45) is -0.199. The van der Waals surface area contributed by atoms with Gasteiger partial charge in [0.15, 0.2) is 47.2 Å². The maximum Gasteiger partial charge on any atom is 0.349 e. The van der Waals surface area contributed by atoms with Crippen LogP contribution in [0.5, 0.6) is 23.0 Å². The third-order valence-corrected chi connectivity index (χ3v) is 26.9. The van der Waals surface area contributed by atoms with Gasteiger partial charge in [-0.25, -0.2) is 43.8 Å². The topological polar surface area (TPSA) is 461 Å². The number of rotatable bonds is 32. The number of carbonyl (C=O) groups excluding carboxylic acids is 2.